The molecule has 2 aromatic rings. The number of hydrogen-bond donors (Lipinski definition) is 2. The molecule has 0 aliphatic rings. The molecule has 0 aliphatic heterocycles. The van der Waals surface area contributed by atoms with E-state index in [0.717, 1.165) is 36.7 Å². The summed E-state index contributed by atoms with van der Waals surface area (Å²) < 4.78 is 46.5. The lowest BCUT2D eigenvalue weighted by Gasteiger charge is -2.17. The van der Waals surface area contributed by atoms with E-state index in [1.807, 2.05) is 0 Å². The van der Waals surface area contributed by atoms with Gasteiger partial charge >= 0.3 is 6.18 Å². The number of aliphatic hydroxyl groups is 1. The first-order valence-electron chi connectivity index (χ1n) is 10.5. The third kappa shape index (κ3) is 7.43. The fourth-order valence-corrected chi connectivity index (χ4v) is 3.93. The summed E-state index contributed by atoms with van der Waals surface area (Å²) in [6, 6.07) is 3.89. The fourth-order valence-electron chi connectivity index (χ4n) is 3.04. The number of nitrogens with two attached hydrogens (primary N) is 1. The van der Waals surface area contributed by atoms with Gasteiger partial charge in [0.25, 0.3) is 0 Å². The molecule has 5 nitrogen and oxygen atoms in total. The van der Waals surface area contributed by atoms with Crippen LogP contribution in [0.2, 0.25) is 0 Å². The van der Waals surface area contributed by atoms with Gasteiger partial charge in [-0.1, -0.05) is 51.4 Å². The maximum atomic E-state index is 13.7. The molecule has 0 saturated carbocycles. The molecule has 0 bridgehead atoms. The van der Waals surface area contributed by atoms with E-state index in [-0.39, 0.29) is 24.5 Å². The van der Waals surface area contributed by atoms with Crippen LogP contribution in [-0.2, 0) is 11.7 Å². The number of alkyl halides is 3. The van der Waals surface area contributed by atoms with Crippen molar-refractivity contribution in [2.75, 3.05) is 13.2 Å². The van der Waals surface area contributed by atoms with Crippen molar-refractivity contribution < 1.29 is 23.0 Å². The SMILES string of the molecule is CC(C)CCCC(C)CCOc1ccc(-c2nnc([C@@](C)(N)CO)s2)cc1C(F)(F)F. The lowest BCUT2D eigenvalue weighted by molar-refractivity contribution is -0.138. The molecule has 174 valence electrons. The summed E-state index contributed by atoms with van der Waals surface area (Å²) in [6.07, 6.45) is -0.550. The first-order chi connectivity index (χ1) is 14.4. The van der Waals surface area contributed by atoms with Crippen LogP contribution in [0.5, 0.6) is 5.75 Å². The Bertz CT molecular complexity index is 838. The predicted molar refractivity (Wildman–Crippen MR) is 117 cm³/mol. The van der Waals surface area contributed by atoms with E-state index in [9.17, 15) is 18.3 Å². The lowest BCUT2D eigenvalue weighted by atomic mass is 9.98. The van der Waals surface area contributed by atoms with Gasteiger partial charge in [0.2, 0.25) is 0 Å². The number of halogens is 3. The highest BCUT2D eigenvalue weighted by Gasteiger charge is 2.35. The van der Waals surface area contributed by atoms with Gasteiger partial charge in [0, 0.05) is 5.56 Å². The van der Waals surface area contributed by atoms with Crippen molar-refractivity contribution >= 4 is 11.3 Å². The summed E-state index contributed by atoms with van der Waals surface area (Å²) in [4.78, 5) is 0. The topological polar surface area (TPSA) is 81.3 Å². The summed E-state index contributed by atoms with van der Waals surface area (Å²) >= 11 is 1.06. The van der Waals surface area contributed by atoms with Crippen LogP contribution in [0, 0.1) is 11.8 Å². The molecule has 31 heavy (non-hydrogen) atoms. The largest absolute Gasteiger partial charge is 0.493 e. The van der Waals surface area contributed by atoms with Crippen LogP contribution in [-0.4, -0.2) is 28.5 Å². The Balaban J connectivity index is 2.11. The van der Waals surface area contributed by atoms with Gasteiger partial charge in [0.15, 0.2) is 0 Å². The molecule has 9 heteroatoms. The Kier molecular flexibility index (Phi) is 8.85. The minimum Gasteiger partial charge on any atom is -0.493 e. The molecule has 0 saturated heterocycles. The normalized spacial score (nSPS) is 15.2. The van der Waals surface area contributed by atoms with Gasteiger partial charge < -0.3 is 15.6 Å². The number of rotatable bonds is 11. The Morgan fingerprint density at radius 3 is 2.45 bits per heavy atom. The average Bonchev–Trinajstić information content (AvgIpc) is 3.18. The van der Waals surface area contributed by atoms with E-state index >= 15 is 0 Å². The molecule has 2 rings (SSSR count). The maximum Gasteiger partial charge on any atom is 0.419 e. The molecule has 2 atom stereocenters. The summed E-state index contributed by atoms with van der Waals surface area (Å²) in [7, 11) is 0. The molecule has 0 fully saturated rings. The molecule has 3 N–H and O–H groups in total. The van der Waals surface area contributed by atoms with E-state index in [2.05, 4.69) is 31.0 Å². The van der Waals surface area contributed by atoms with Crippen molar-refractivity contribution in [1.29, 1.82) is 0 Å². The molecule has 1 aromatic carbocycles. The number of benzene rings is 1. The van der Waals surface area contributed by atoms with Gasteiger partial charge in [-0.25, -0.2) is 0 Å². The van der Waals surface area contributed by atoms with Crippen molar-refractivity contribution in [2.24, 2.45) is 17.6 Å². The van der Waals surface area contributed by atoms with Crippen LogP contribution >= 0.6 is 11.3 Å². The number of hydrogen-bond acceptors (Lipinski definition) is 6. The summed E-state index contributed by atoms with van der Waals surface area (Å²) in [5, 5.41) is 17.9. The lowest BCUT2D eigenvalue weighted by Crippen LogP contribution is -2.36. The number of aliphatic hydroxyl groups excluding tert-OH is 1. The van der Waals surface area contributed by atoms with Crippen LogP contribution in [0.3, 0.4) is 0 Å². The van der Waals surface area contributed by atoms with Gasteiger partial charge in [0.05, 0.1) is 24.3 Å². The molecule has 1 aromatic heterocycles. The van der Waals surface area contributed by atoms with Crippen LogP contribution in [0.15, 0.2) is 18.2 Å². The quantitative estimate of drug-likeness (QED) is 0.456. The highest BCUT2D eigenvalue weighted by molar-refractivity contribution is 7.14. The number of nitrogens with zero attached hydrogens (tertiary/aromatic N) is 2. The minimum absolute atomic E-state index is 0.186. The van der Waals surface area contributed by atoms with Crippen LogP contribution < -0.4 is 10.5 Å². The first kappa shape index (κ1) is 25.5. The van der Waals surface area contributed by atoms with Gasteiger partial charge in [0.1, 0.15) is 15.8 Å². The summed E-state index contributed by atoms with van der Waals surface area (Å²) in [6.45, 7) is 7.93. The summed E-state index contributed by atoms with van der Waals surface area (Å²) in [5.41, 5.74) is 4.27. The molecular formula is C22H32F3N3O2S. The van der Waals surface area contributed by atoms with Crippen molar-refractivity contribution in [3.63, 3.8) is 0 Å². The molecule has 1 unspecified atom stereocenters. The third-order valence-corrected chi connectivity index (χ3v) is 6.37. The fraction of sp³-hybridized carbons (Fsp3) is 0.636. The van der Waals surface area contributed by atoms with Crippen molar-refractivity contribution in [2.45, 2.75) is 65.1 Å². The summed E-state index contributed by atoms with van der Waals surface area (Å²) in [5.74, 6) is 0.862. The van der Waals surface area contributed by atoms with E-state index in [0.29, 0.717) is 28.3 Å². The Hall–Kier alpha value is -1.71. The zero-order valence-corrected chi connectivity index (χ0v) is 19.3. The molecule has 0 radical (unpaired) electrons. The molecule has 1 heterocycles. The van der Waals surface area contributed by atoms with Crippen LogP contribution in [0.1, 0.15) is 63.9 Å². The number of ether oxygens (including phenoxy) is 1. The van der Waals surface area contributed by atoms with Crippen LogP contribution in [0.4, 0.5) is 13.2 Å². The Morgan fingerprint density at radius 2 is 1.84 bits per heavy atom. The number of aromatic nitrogens is 2. The second kappa shape index (κ2) is 10.7. The maximum absolute atomic E-state index is 13.7. The molecule has 0 spiro atoms. The van der Waals surface area contributed by atoms with Gasteiger partial charge in [-0.2, -0.15) is 13.2 Å². The van der Waals surface area contributed by atoms with Gasteiger partial charge in [-0.3, -0.25) is 0 Å². The van der Waals surface area contributed by atoms with Crippen molar-refractivity contribution in [1.82, 2.24) is 10.2 Å². The smallest absolute Gasteiger partial charge is 0.419 e. The van der Waals surface area contributed by atoms with Crippen molar-refractivity contribution in [3.8, 4) is 16.3 Å². The van der Waals surface area contributed by atoms with Crippen molar-refractivity contribution in [3.05, 3.63) is 28.8 Å². The molecule has 0 aliphatic carbocycles. The second-order valence-corrected chi connectivity index (χ2v) is 9.74. The van der Waals surface area contributed by atoms with E-state index in [4.69, 9.17) is 10.5 Å². The van der Waals surface area contributed by atoms with Gasteiger partial charge in [-0.05, 0) is 43.4 Å². The monoisotopic (exact) mass is 459 g/mol. The molecule has 0 amide bonds. The van der Waals surface area contributed by atoms with E-state index in [1.54, 1.807) is 6.92 Å². The third-order valence-electron chi connectivity index (χ3n) is 5.12. The average molecular weight is 460 g/mol. The van der Waals surface area contributed by atoms with E-state index in [1.165, 1.54) is 12.1 Å². The second-order valence-electron chi connectivity index (χ2n) is 8.76. The zero-order valence-electron chi connectivity index (χ0n) is 18.5. The zero-order chi connectivity index (χ0) is 23.2. The Labute approximate surface area is 185 Å². The first-order valence-corrected chi connectivity index (χ1v) is 11.3. The van der Waals surface area contributed by atoms with E-state index < -0.39 is 17.3 Å². The molecular weight excluding hydrogens is 427 g/mol. The Morgan fingerprint density at radius 1 is 1.13 bits per heavy atom. The standard InChI is InChI=1S/C22H32F3N3O2S/c1-14(2)6-5-7-15(3)10-11-30-18-9-8-16(12-17(18)22(23,24)25)19-27-28-20(31-19)21(4,26)13-29/h8-9,12,14-15,29H,5-7,10-11,13,26H2,1-4H3/t15?,21-/m0/s1. The van der Waals surface area contributed by atoms with Gasteiger partial charge in [-0.15, -0.1) is 10.2 Å². The van der Waals surface area contributed by atoms with Crippen LogP contribution in [0.25, 0.3) is 10.6 Å². The predicted octanol–water partition coefficient (Wildman–Crippen LogP) is 5.62. The highest BCUT2D eigenvalue weighted by atomic mass is 32.1. The highest BCUT2D eigenvalue weighted by Crippen LogP contribution is 2.40. The minimum atomic E-state index is -4.56.